The lowest BCUT2D eigenvalue weighted by Gasteiger charge is -2.16. The maximum absolute atomic E-state index is 13.2. The summed E-state index contributed by atoms with van der Waals surface area (Å²) in [6, 6.07) is 2.90. The number of ketones is 1. The Balaban J connectivity index is 3.01. The van der Waals surface area contributed by atoms with Gasteiger partial charge >= 0.3 is 0 Å². The Kier molecular flexibility index (Phi) is 5.52. The third-order valence-electron chi connectivity index (χ3n) is 3.51. The third kappa shape index (κ3) is 3.41. The molecular formula is C16H23FO. The van der Waals surface area contributed by atoms with Gasteiger partial charge in [0.25, 0.3) is 0 Å². The van der Waals surface area contributed by atoms with E-state index in [0.717, 1.165) is 42.4 Å². The van der Waals surface area contributed by atoms with Crippen molar-refractivity contribution in [2.45, 2.75) is 53.4 Å². The van der Waals surface area contributed by atoms with E-state index in [9.17, 15) is 9.18 Å². The average molecular weight is 250 g/mol. The van der Waals surface area contributed by atoms with Gasteiger partial charge in [-0.25, -0.2) is 4.39 Å². The van der Waals surface area contributed by atoms with Crippen LogP contribution in [-0.2, 0) is 0 Å². The topological polar surface area (TPSA) is 17.1 Å². The fourth-order valence-electron chi connectivity index (χ4n) is 2.47. The van der Waals surface area contributed by atoms with E-state index in [4.69, 9.17) is 0 Å². The van der Waals surface area contributed by atoms with Crippen LogP contribution < -0.4 is 0 Å². The molecule has 0 aromatic heterocycles. The molecule has 1 aromatic rings. The van der Waals surface area contributed by atoms with Gasteiger partial charge in [-0.15, -0.1) is 0 Å². The van der Waals surface area contributed by atoms with Crippen molar-refractivity contribution < 1.29 is 9.18 Å². The highest BCUT2D eigenvalue weighted by Gasteiger charge is 2.21. The summed E-state index contributed by atoms with van der Waals surface area (Å²) in [5.74, 6) is -0.00285. The van der Waals surface area contributed by atoms with Gasteiger partial charge in [0, 0.05) is 11.5 Å². The van der Waals surface area contributed by atoms with Crippen LogP contribution in [0.3, 0.4) is 0 Å². The summed E-state index contributed by atoms with van der Waals surface area (Å²) in [6.45, 7) is 7.81. The summed E-state index contributed by atoms with van der Waals surface area (Å²) in [5.41, 5.74) is 2.24. The summed E-state index contributed by atoms with van der Waals surface area (Å²) >= 11 is 0. The summed E-state index contributed by atoms with van der Waals surface area (Å²) in [6.07, 6.45) is 3.96. The summed E-state index contributed by atoms with van der Waals surface area (Å²) in [7, 11) is 0. The molecule has 1 nitrogen and oxygen atoms in total. The molecule has 0 bridgehead atoms. The number of aryl methyl sites for hydroxylation is 2. The third-order valence-corrected chi connectivity index (χ3v) is 3.51. The molecule has 0 saturated carbocycles. The molecule has 1 rings (SSSR count). The smallest absolute Gasteiger partial charge is 0.166 e. The zero-order valence-electron chi connectivity index (χ0n) is 11.8. The van der Waals surface area contributed by atoms with E-state index in [2.05, 4.69) is 6.92 Å². The normalized spacial score (nSPS) is 12.5. The predicted octanol–water partition coefficient (Wildman–Crippen LogP) is 4.84. The molecule has 0 aliphatic rings. The Labute approximate surface area is 109 Å². The molecule has 0 heterocycles. The van der Waals surface area contributed by atoms with Crippen molar-refractivity contribution in [3.05, 3.63) is 34.6 Å². The van der Waals surface area contributed by atoms with Crippen molar-refractivity contribution in [3.8, 4) is 0 Å². The van der Waals surface area contributed by atoms with Gasteiger partial charge < -0.3 is 0 Å². The first-order valence-corrected chi connectivity index (χ1v) is 6.82. The van der Waals surface area contributed by atoms with Crippen molar-refractivity contribution in [1.82, 2.24) is 0 Å². The highest BCUT2D eigenvalue weighted by Crippen LogP contribution is 2.24. The zero-order valence-corrected chi connectivity index (χ0v) is 11.8. The van der Waals surface area contributed by atoms with E-state index in [1.807, 2.05) is 20.8 Å². The molecule has 0 N–H and O–H groups in total. The highest BCUT2D eigenvalue weighted by atomic mass is 19.1. The molecule has 1 aromatic carbocycles. The first-order valence-electron chi connectivity index (χ1n) is 6.82. The minimum atomic E-state index is -0.261. The lowest BCUT2D eigenvalue weighted by Crippen LogP contribution is -2.17. The standard InChI is InChI=1S/C16H23FO/c1-5-7-8-13(6-2)16(18)15-11(3)9-14(17)10-12(15)4/h9-10,13H,5-8H2,1-4H3. The van der Waals surface area contributed by atoms with Crippen LogP contribution in [0.5, 0.6) is 0 Å². The van der Waals surface area contributed by atoms with E-state index in [-0.39, 0.29) is 17.5 Å². The van der Waals surface area contributed by atoms with Crippen LogP contribution in [0.2, 0.25) is 0 Å². The number of hydrogen-bond acceptors (Lipinski definition) is 1. The number of carbonyl (C=O) groups excluding carboxylic acids is 1. The minimum absolute atomic E-state index is 0.0767. The van der Waals surface area contributed by atoms with Gasteiger partial charge in [0.15, 0.2) is 5.78 Å². The lowest BCUT2D eigenvalue weighted by molar-refractivity contribution is 0.0907. The van der Waals surface area contributed by atoms with Gasteiger partial charge in [0.2, 0.25) is 0 Å². The van der Waals surface area contributed by atoms with E-state index in [1.54, 1.807) is 0 Å². The van der Waals surface area contributed by atoms with Crippen LogP contribution in [0.1, 0.15) is 61.0 Å². The predicted molar refractivity (Wildman–Crippen MR) is 73.5 cm³/mol. The molecule has 0 saturated heterocycles. The van der Waals surface area contributed by atoms with E-state index >= 15 is 0 Å². The van der Waals surface area contributed by atoms with Gasteiger partial charge in [-0.3, -0.25) is 4.79 Å². The first kappa shape index (κ1) is 14.9. The Hall–Kier alpha value is -1.18. The number of carbonyl (C=O) groups is 1. The van der Waals surface area contributed by atoms with Gasteiger partial charge in [-0.2, -0.15) is 0 Å². The van der Waals surface area contributed by atoms with Gasteiger partial charge in [-0.1, -0.05) is 26.7 Å². The summed E-state index contributed by atoms with van der Waals surface area (Å²) < 4.78 is 13.2. The quantitative estimate of drug-likeness (QED) is 0.660. The van der Waals surface area contributed by atoms with Crippen molar-refractivity contribution in [2.75, 3.05) is 0 Å². The molecule has 100 valence electrons. The van der Waals surface area contributed by atoms with Crippen LogP contribution in [-0.4, -0.2) is 5.78 Å². The monoisotopic (exact) mass is 250 g/mol. The van der Waals surface area contributed by atoms with Gasteiger partial charge in [-0.05, 0) is 49.9 Å². The molecule has 18 heavy (non-hydrogen) atoms. The molecule has 0 fully saturated rings. The molecule has 0 aliphatic heterocycles. The largest absolute Gasteiger partial charge is 0.294 e. The number of halogens is 1. The fourth-order valence-corrected chi connectivity index (χ4v) is 2.47. The Bertz CT molecular complexity index is 400. The number of hydrogen-bond donors (Lipinski definition) is 0. The van der Waals surface area contributed by atoms with Crippen molar-refractivity contribution in [3.63, 3.8) is 0 Å². The first-order chi connectivity index (χ1) is 8.51. The van der Waals surface area contributed by atoms with Crippen LogP contribution in [0.4, 0.5) is 4.39 Å². The van der Waals surface area contributed by atoms with E-state index in [0.29, 0.717) is 0 Å². The fraction of sp³-hybridized carbons (Fsp3) is 0.562. The van der Waals surface area contributed by atoms with Crippen LogP contribution in [0.25, 0.3) is 0 Å². The maximum atomic E-state index is 13.2. The maximum Gasteiger partial charge on any atom is 0.166 e. The highest BCUT2D eigenvalue weighted by molar-refractivity contribution is 6.00. The van der Waals surface area contributed by atoms with Crippen molar-refractivity contribution in [1.29, 1.82) is 0 Å². The van der Waals surface area contributed by atoms with E-state index in [1.165, 1.54) is 12.1 Å². The Morgan fingerprint density at radius 1 is 1.22 bits per heavy atom. The number of Topliss-reactive ketones (excluding diaryl/α,β-unsaturated/α-hetero) is 1. The summed E-state index contributed by atoms with van der Waals surface area (Å²) in [5, 5.41) is 0. The second-order valence-electron chi connectivity index (χ2n) is 5.03. The molecular weight excluding hydrogens is 227 g/mol. The minimum Gasteiger partial charge on any atom is -0.294 e. The molecule has 0 amide bonds. The second-order valence-corrected chi connectivity index (χ2v) is 5.03. The number of rotatable bonds is 6. The van der Waals surface area contributed by atoms with Gasteiger partial charge in [0.05, 0.1) is 0 Å². The molecule has 1 unspecified atom stereocenters. The molecule has 1 atom stereocenters. The number of unbranched alkanes of at least 4 members (excludes halogenated alkanes) is 1. The zero-order chi connectivity index (χ0) is 13.7. The Morgan fingerprint density at radius 3 is 2.22 bits per heavy atom. The van der Waals surface area contributed by atoms with Crippen LogP contribution in [0, 0.1) is 25.6 Å². The van der Waals surface area contributed by atoms with Crippen molar-refractivity contribution >= 4 is 5.78 Å². The van der Waals surface area contributed by atoms with Crippen LogP contribution >= 0.6 is 0 Å². The lowest BCUT2D eigenvalue weighted by atomic mass is 9.87. The summed E-state index contributed by atoms with van der Waals surface area (Å²) in [4.78, 5) is 12.5. The van der Waals surface area contributed by atoms with Crippen LogP contribution in [0.15, 0.2) is 12.1 Å². The number of benzene rings is 1. The molecule has 0 aliphatic carbocycles. The Morgan fingerprint density at radius 2 is 1.78 bits per heavy atom. The molecule has 0 spiro atoms. The van der Waals surface area contributed by atoms with E-state index < -0.39 is 0 Å². The second kappa shape index (κ2) is 6.67. The molecule has 0 radical (unpaired) electrons. The average Bonchev–Trinajstić information content (AvgIpc) is 2.28. The van der Waals surface area contributed by atoms with Crippen molar-refractivity contribution in [2.24, 2.45) is 5.92 Å². The van der Waals surface area contributed by atoms with Gasteiger partial charge in [0.1, 0.15) is 5.82 Å². The molecule has 2 heteroatoms. The SMILES string of the molecule is CCCCC(CC)C(=O)c1c(C)cc(F)cc1C.